The van der Waals surface area contributed by atoms with E-state index in [-0.39, 0.29) is 12.5 Å². The highest BCUT2D eigenvalue weighted by Gasteiger charge is 2.11. The monoisotopic (exact) mass is 295 g/mol. The molecule has 0 spiro atoms. The summed E-state index contributed by atoms with van der Waals surface area (Å²) in [6.45, 7) is 2.01. The van der Waals surface area contributed by atoms with Crippen molar-refractivity contribution >= 4 is 17.6 Å². The van der Waals surface area contributed by atoms with Gasteiger partial charge in [-0.2, -0.15) is 0 Å². The second-order valence-electron chi connectivity index (χ2n) is 4.50. The third-order valence-corrected chi connectivity index (χ3v) is 2.92. The standard InChI is InChI=1S/C18H17NO3/c1-2-22-17(20)13-16(14-9-5-3-6-10-14)19-18(21)15-11-7-4-8-12-15/h3-13H,2H2,1H3,(H,19,21)/b16-13-. The van der Waals surface area contributed by atoms with Crippen molar-refractivity contribution in [3.8, 4) is 0 Å². The molecule has 2 aromatic rings. The molecule has 112 valence electrons. The van der Waals surface area contributed by atoms with Gasteiger partial charge in [-0.25, -0.2) is 4.79 Å². The summed E-state index contributed by atoms with van der Waals surface area (Å²) in [7, 11) is 0. The highest BCUT2D eigenvalue weighted by Crippen LogP contribution is 2.12. The molecule has 2 aromatic carbocycles. The number of carbonyl (C=O) groups is 2. The smallest absolute Gasteiger partial charge is 0.332 e. The maximum Gasteiger partial charge on any atom is 0.332 e. The van der Waals surface area contributed by atoms with Gasteiger partial charge in [0, 0.05) is 11.6 Å². The molecule has 1 N–H and O–H groups in total. The predicted octanol–water partition coefficient (Wildman–Crippen LogP) is 3.02. The van der Waals surface area contributed by atoms with Crippen LogP contribution >= 0.6 is 0 Å². The first-order valence-electron chi connectivity index (χ1n) is 7.01. The molecular weight excluding hydrogens is 278 g/mol. The van der Waals surface area contributed by atoms with E-state index < -0.39 is 5.97 Å². The van der Waals surface area contributed by atoms with E-state index >= 15 is 0 Å². The zero-order chi connectivity index (χ0) is 15.8. The maximum absolute atomic E-state index is 12.3. The average Bonchev–Trinajstić information content (AvgIpc) is 2.56. The number of hydrogen-bond donors (Lipinski definition) is 1. The summed E-state index contributed by atoms with van der Waals surface area (Å²) in [5.41, 5.74) is 1.67. The molecule has 0 aromatic heterocycles. The van der Waals surface area contributed by atoms with E-state index in [0.29, 0.717) is 11.3 Å². The molecule has 0 saturated heterocycles. The van der Waals surface area contributed by atoms with Crippen molar-refractivity contribution in [3.63, 3.8) is 0 Å². The molecule has 0 bridgehead atoms. The molecule has 0 atom stereocenters. The summed E-state index contributed by atoms with van der Waals surface area (Å²) in [4.78, 5) is 24.0. The van der Waals surface area contributed by atoms with Gasteiger partial charge in [0.2, 0.25) is 0 Å². The Morgan fingerprint density at radius 1 is 0.955 bits per heavy atom. The van der Waals surface area contributed by atoms with Crippen LogP contribution in [0.25, 0.3) is 5.70 Å². The molecule has 0 heterocycles. The number of carbonyl (C=O) groups excluding carboxylic acids is 2. The highest BCUT2D eigenvalue weighted by atomic mass is 16.5. The Hall–Kier alpha value is -2.88. The fourth-order valence-corrected chi connectivity index (χ4v) is 1.90. The van der Waals surface area contributed by atoms with Gasteiger partial charge < -0.3 is 10.1 Å². The zero-order valence-corrected chi connectivity index (χ0v) is 12.3. The van der Waals surface area contributed by atoms with Crippen LogP contribution in [-0.4, -0.2) is 18.5 Å². The van der Waals surface area contributed by atoms with Crippen LogP contribution in [0.3, 0.4) is 0 Å². The molecule has 4 heteroatoms. The van der Waals surface area contributed by atoms with E-state index in [1.54, 1.807) is 31.2 Å². The summed E-state index contributed by atoms with van der Waals surface area (Å²) in [6, 6.07) is 18.0. The molecule has 0 fully saturated rings. The molecule has 0 aliphatic heterocycles. The van der Waals surface area contributed by atoms with Crippen LogP contribution in [0.15, 0.2) is 66.7 Å². The minimum absolute atomic E-state index is 0.278. The Morgan fingerprint density at radius 3 is 2.05 bits per heavy atom. The normalized spacial score (nSPS) is 10.9. The largest absolute Gasteiger partial charge is 0.463 e. The molecule has 0 aliphatic carbocycles. The van der Waals surface area contributed by atoms with E-state index in [0.717, 1.165) is 5.56 Å². The first-order chi connectivity index (χ1) is 10.7. The van der Waals surface area contributed by atoms with Gasteiger partial charge in [0.1, 0.15) is 0 Å². The Bertz CT molecular complexity index is 663. The van der Waals surface area contributed by atoms with Crippen LogP contribution in [-0.2, 0) is 9.53 Å². The minimum Gasteiger partial charge on any atom is -0.463 e. The topological polar surface area (TPSA) is 55.4 Å². The number of rotatable bonds is 5. The molecule has 1 amide bonds. The van der Waals surface area contributed by atoms with Gasteiger partial charge in [-0.3, -0.25) is 4.79 Å². The third-order valence-electron chi connectivity index (χ3n) is 2.92. The number of benzene rings is 2. The predicted molar refractivity (Wildman–Crippen MR) is 85.0 cm³/mol. The van der Waals surface area contributed by atoms with Crippen molar-refractivity contribution in [1.29, 1.82) is 0 Å². The molecule has 0 saturated carbocycles. The molecular formula is C18H17NO3. The Kier molecular flexibility index (Phi) is 5.49. The van der Waals surface area contributed by atoms with Gasteiger partial charge in [0.15, 0.2) is 0 Å². The Morgan fingerprint density at radius 2 is 1.50 bits per heavy atom. The highest BCUT2D eigenvalue weighted by molar-refractivity contribution is 6.02. The van der Waals surface area contributed by atoms with Gasteiger partial charge in [-0.05, 0) is 24.6 Å². The SMILES string of the molecule is CCOC(=O)/C=C(\NC(=O)c1ccccc1)c1ccccc1. The molecule has 22 heavy (non-hydrogen) atoms. The molecule has 0 radical (unpaired) electrons. The second kappa shape index (κ2) is 7.78. The van der Waals surface area contributed by atoms with Crippen LogP contribution in [0.4, 0.5) is 0 Å². The Labute approximate surface area is 129 Å². The van der Waals surface area contributed by atoms with Gasteiger partial charge in [-0.1, -0.05) is 48.5 Å². The zero-order valence-electron chi connectivity index (χ0n) is 12.3. The van der Waals surface area contributed by atoms with E-state index in [9.17, 15) is 9.59 Å². The van der Waals surface area contributed by atoms with Crippen LogP contribution in [0, 0.1) is 0 Å². The average molecular weight is 295 g/mol. The quantitative estimate of drug-likeness (QED) is 0.681. The Balaban J connectivity index is 2.25. The number of esters is 1. The molecule has 0 unspecified atom stereocenters. The van der Waals surface area contributed by atoms with E-state index in [4.69, 9.17) is 4.74 Å². The number of ether oxygens (including phenoxy) is 1. The fourth-order valence-electron chi connectivity index (χ4n) is 1.90. The summed E-state index contributed by atoms with van der Waals surface area (Å²) in [5, 5.41) is 2.76. The summed E-state index contributed by atoms with van der Waals surface area (Å²) < 4.78 is 4.91. The molecule has 2 rings (SSSR count). The lowest BCUT2D eigenvalue weighted by atomic mass is 10.1. The van der Waals surface area contributed by atoms with E-state index in [1.807, 2.05) is 36.4 Å². The van der Waals surface area contributed by atoms with Gasteiger partial charge in [0.05, 0.1) is 12.3 Å². The third kappa shape index (κ3) is 4.31. The van der Waals surface area contributed by atoms with Crippen LogP contribution in [0.1, 0.15) is 22.8 Å². The summed E-state index contributed by atoms with van der Waals surface area (Å²) in [5.74, 6) is -0.769. The van der Waals surface area contributed by atoms with Gasteiger partial charge in [-0.15, -0.1) is 0 Å². The van der Waals surface area contributed by atoms with Gasteiger partial charge in [0.25, 0.3) is 5.91 Å². The van der Waals surface area contributed by atoms with E-state index in [2.05, 4.69) is 5.32 Å². The first-order valence-corrected chi connectivity index (χ1v) is 7.01. The summed E-state index contributed by atoms with van der Waals surface area (Å²) in [6.07, 6.45) is 1.29. The van der Waals surface area contributed by atoms with Gasteiger partial charge >= 0.3 is 5.97 Å². The summed E-state index contributed by atoms with van der Waals surface area (Å²) >= 11 is 0. The van der Waals surface area contributed by atoms with Crippen molar-refractivity contribution in [3.05, 3.63) is 77.9 Å². The molecule has 4 nitrogen and oxygen atoms in total. The lowest BCUT2D eigenvalue weighted by Gasteiger charge is -2.10. The first kappa shape index (κ1) is 15.5. The van der Waals surface area contributed by atoms with Crippen LogP contribution < -0.4 is 5.32 Å². The minimum atomic E-state index is -0.491. The van der Waals surface area contributed by atoms with Crippen molar-refractivity contribution < 1.29 is 14.3 Å². The number of hydrogen-bond acceptors (Lipinski definition) is 3. The van der Waals surface area contributed by atoms with Crippen molar-refractivity contribution in [1.82, 2.24) is 5.32 Å². The van der Waals surface area contributed by atoms with E-state index in [1.165, 1.54) is 6.08 Å². The lowest BCUT2D eigenvalue weighted by molar-refractivity contribution is -0.137. The van der Waals surface area contributed by atoms with Crippen LogP contribution in [0.5, 0.6) is 0 Å². The number of nitrogens with one attached hydrogen (secondary N) is 1. The number of amides is 1. The van der Waals surface area contributed by atoms with Crippen molar-refractivity contribution in [2.75, 3.05) is 6.61 Å². The molecule has 0 aliphatic rings. The van der Waals surface area contributed by atoms with Crippen LogP contribution in [0.2, 0.25) is 0 Å². The maximum atomic E-state index is 12.3. The lowest BCUT2D eigenvalue weighted by Crippen LogP contribution is -2.22. The van der Waals surface area contributed by atoms with Crippen molar-refractivity contribution in [2.45, 2.75) is 6.92 Å². The second-order valence-corrected chi connectivity index (χ2v) is 4.50. The van der Waals surface area contributed by atoms with Crippen molar-refractivity contribution in [2.24, 2.45) is 0 Å². The fraction of sp³-hybridized carbons (Fsp3) is 0.111.